The molecule has 5 heteroatoms. The number of nitrogens with one attached hydrogen (secondary N) is 1. The second-order valence-corrected chi connectivity index (χ2v) is 4.63. The first kappa shape index (κ1) is 16.0. The van der Waals surface area contributed by atoms with Crippen molar-refractivity contribution < 1.29 is 14.3 Å². The highest BCUT2D eigenvalue weighted by atomic mass is 16.5. The first-order valence-electron chi connectivity index (χ1n) is 6.83. The van der Waals surface area contributed by atoms with Crippen LogP contribution in [0.3, 0.4) is 0 Å². The van der Waals surface area contributed by atoms with E-state index in [9.17, 15) is 9.59 Å². The summed E-state index contributed by atoms with van der Waals surface area (Å²) >= 11 is 0. The fraction of sp³-hybridized carbons (Fsp3) is 0.467. The van der Waals surface area contributed by atoms with Gasteiger partial charge in [-0.1, -0.05) is 38.3 Å². The molecule has 0 radical (unpaired) electrons. The third kappa shape index (κ3) is 4.57. The van der Waals surface area contributed by atoms with Crippen LogP contribution in [0, 0.1) is 0 Å². The van der Waals surface area contributed by atoms with Crippen LogP contribution in [0.15, 0.2) is 24.3 Å². The Morgan fingerprint density at radius 3 is 2.60 bits per heavy atom. The number of benzene rings is 1. The summed E-state index contributed by atoms with van der Waals surface area (Å²) in [5.74, 6) is -0.779. The minimum absolute atomic E-state index is 0.352. The number of esters is 1. The number of para-hydroxylation sites is 1. The van der Waals surface area contributed by atoms with Crippen LogP contribution in [0.4, 0.5) is 5.69 Å². The topological polar surface area (TPSA) is 81.4 Å². The smallest absolute Gasteiger partial charge is 0.328 e. The predicted molar refractivity (Wildman–Crippen MR) is 78.3 cm³/mol. The van der Waals surface area contributed by atoms with Crippen LogP contribution in [0.25, 0.3) is 0 Å². The number of amides is 1. The van der Waals surface area contributed by atoms with E-state index < -0.39 is 12.0 Å². The number of carbonyl (C=O) groups excluding carboxylic acids is 2. The van der Waals surface area contributed by atoms with Gasteiger partial charge in [0, 0.05) is 5.69 Å². The number of rotatable bonds is 7. The molecule has 3 N–H and O–H groups in total. The summed E-state index contributed by atoms with van der Waals surface area (Å²) in [6.45, 7) is 2.08. The third-order valence-corrected chi connectivity index (χ3v) is 3.09. The van der Waals surface area contributed by atoms with Crippen molar-refractivity contribution in [3.63, 3.8) is 0 Å². The van der Waals surface area contributed by atoms with Crippen molar-refractivity contribution in [2.24, 2.45) is 0 Å². The molecular formula is C15H22N2O3. The van der Waals surface area contributed by atoms with Crippen LogP contribution >= 0.6 is 0 Å². The Morgan fingerprint density at radius 2 is 2.00 bits per heavy atom. The molecule has 1 aromatic rings. The molecule has 20 heavy (non-hydrogen) atoms. The van der Waals surface area contributed by atoms with Gasteiger partial charge in [0.2, 0.25) is 0 Å². The van der Waals surface area contributed by atoms with Crippen LogP contribution < -0.4 is 11.1 Å². The van der Waals surface area contributed by atoms with Crippen molar-refractivity contribution in [3.05, 3.63) is 29.8 Å². The van der Waals surface area contributed by atoms with E-state index in [0.29, 0.717) is 17.7 Å². The number of hydrogen-bond acceptors (Lipinski definition) is 4. The Hall–Kier alpha value is -2.04. The number of anilines is 1. The van der Waals surface area contributed by atoms with Gasteiger partial charge in [-0.3, -0.25) is 4.79 Å². The van der Waals surface area contributed by atoms with E-state index in [2.05, 4.69) is 12.2 Å². The average Bonchev–Trinajstić information content (AvgIpc) is 2.45. The zero-order valence-electron chi connectivity index (χ0n) is 12.0. The number of nitrogens with two attached hydrogens (primary N) is 1. The predicted octanol–water partition coefficient (Wildman–Crippen LogP) is 2.12. The van der Waals surface area contributed by atoms with Gasteiger partial charge >= 0.3 is 5.97 Å². The lowest BCUT2D eigenvalue weighted by Gasteiger charge is -2.17. The van der Waals surface area contributed by atoms with Crippen LogP contribution in [-0.4, -0.2) is 25.0 Å². The Balaban J connectivity index is 2.71. The first-order chi connectivity index (χ1) is 9.60. The molecule has 1 aromatic carbocycles. The van der Waals surface area contributed by atoms with Crippen LogP contribution in [0.5, 0.6) is 0 Å². The minimum Gasteiger partial charge on any atom is -0.467 e. The van der Waals surface area contributed by atoms with Gasteiger partial charge in [-0.15, -0.1) is 0 Å². The lowest BCUT2D eigenvalue weighted by molar-refractivity contribution is -0.143. The standard InChI is InChI=1S/C15H22N2O3/c1-3-4-5-10-13(15(19)20-2)17-14(18)11-8-6-7-9-12(11)16/h6-9,13H,3-5,10,16H2,1-2H3,(H,17,18). The van der Waals surface area contributed by atoms with Crippen molar-refractivity contribution in [2.75, 3.05) is 12.8 Å². The van der Waals surface area contributed by atoms with E-state index in [1.807, 2.05) is 0 Å². The molecule has 0 saturated heterocycles. The van der Waals surface area contributed by atoms with E-state index in [1.54, 1.807) is 24.3 Å². The molecule has 5 nitrogen and oxygen atoms in total. The molecule has 0 aliphatic heterocycles. The Kier molecular flexibility index (Phi) is 6.56. The highest BCUT2D eigenvalue weighted by molar-refractivity contribution is 6.00. The zero-order valence-corrected chi connectivity index (χ0v) is 12.0. The van der Waals surface area contributed by atoms with Gasteiger partial charge in [0.25, 0.3) is 5.91 Å². The van der Waals surface area contributed by atoms with Crippen molar-refractivity contribution >= 4 is 17.6 Å². The maximum atomic E-state index is 12.1. The average molecular weight is 278 g/mol. The number of ether oxygens (including phenoxy) is 1. The van der Waals surface area contributed by atoms with Crippen molar-refractivity contribution in [3.8, 4) is 0 Å². The molecule has 0 fully saturated rings. The summed E-state index contributed by atoms with van der Waals surface area (Å²) in [5, 5.41) is 2.69. The van der Waals surface area contributed by atoms with Gasteiger partial charge in [0.15, 0.2) is 0 Å². The quantitative estimate of drug-likeness (QED) is 0.455. The van der Waals surface area contributed by atoms with Gasteiger partial charge < -0.3 is 15.8 Å². The summed E-state index contributed by atoms with van der Waals surface area (Å²) in [4.78, 5) is 23.8. The SMILES string of the molecule is CCCCCC(NC(=O)c1ccccc1N)C(=O)OC. The Labute approximate surface area is 119 Å². The maximum Gasteiger partial charge on any atom is 0.328 e. The fourth-order valence-corrected chi connectivity index (χ4v) is 1.93. The molecule has 0 aliphatic carbocycles. The maximum absolute atomic E-state index is 12.1. The van der Waals surface area contributed by atoms with Gasteiger partial charge in [0.1, 0.15) is 6.04 Å². The van der Waals surface area contributed by atoms with E-state index >= 15 is 0 Å². The normalized spacial score (nSPS) is 11.7. The summed E-state index contributed by atoms with van der Waals surface area (Å²) in [6.07, 6.45) is 3.49. The van der Waals surface area contributed by atoms with E-state index in [4.69, 9.17) is 10.5 Å². The van der Waals surface area contributed by atoms with Gasteiger partial charge in [-0.25, -0.2) is 4.79 Å². The molecule has 110 valence electrons. The number of nitrogen functional groups attached to an aromatic ring is 1. The third-order valence-electron chi connectivity index (χ3n) is 3.09. The van der Waals surface area contributed by atoms with Crippen molar-refractivity contribution in [2.45, 2.75) is 38.6 Å². The first-order valence-corrected chi connectivity index (χ1v) is 6.83. The highest BCUT2D eigenvalue weighted by Crippen LogP contribution is 2.12. The van der Waals surface area contributed by atoms with Gasteiger partial charge in [-0.2, -0.15) is 0 Å². The lowest BCUT2D eigenvalue weighted by atomic mass is 10.1. The van der Waals surface area contributed by atoms with E-state index in [1.165, 1.54) is 7.11 Å². The monoisotopic (exact) mass is 278 g/mol. The van der Waals surface area contributed by atoms with Crippen molar-refractivity contribution in [1.29, 1.82) is 0 Å². The summed E-state index contributed by atoms with van der Waals surface area (Å²) in [5.41, 5.74) is 6.51. The number of carbonyl (C=O) groups is 2. The van der Waals surface area contributed by atoms with E-state index in [-0.39, 0.29) is 5.91 Å². The Morgan fingerprint density at radius 1 is 1.30 bits per heavy atom. The second-order valence-electron chi connectivity index (χ2n) is 4.63. The molecule has 1 unspecified atom stereocenters. The van der Waals surface area contributed by atoms with Crippen LogP contribution in [-0.2, 0) is 9.53 Å². The van der Waals surface area contributed by atoms with Gasteiger partial charge in [-0.05, 0) is 18.6 Å². The summed E-state index contributed by atoms with van der Waals surface area (Å²) in [7, 11) is 1.32. The zero-order chi connectivity index (χ0) is 15.0. The Bertz CT molecular complexity index is 460. The number of hydrogen-bond donors (Lipinski definition) is 2. The largest absolute Gasteiger partial charge is 0.467 e. The molecule has 0 heterocycles. The summed E-state index contributed by atoms with van der Waals surface area (Å²) in [6, 6.07) is 6.14. The van der Waals surface area contributed by atoms with Gasteiger partial charge in [0.05, 0.1) is 12.7 Å². The van der Waals surface area contributed by atoms with Crippen LogP contribution in [0.1, 0.15) is 43.0 Å². The number of unbranched alkanes of at least 4 members (excludes halogenated alkanes) is 2. The second kappa shape index (κ2) is 8.19. The highest BCUT2D eigenvalue weighted by Gasteiger charge is 2.22. The molecule has 1 rings (SSSR count). The molecule has 1 atom stereocenters. The fourth-order valence-electron chi connectivity index (χ4n) is 1.93. The molecule has 0 saturated carbocycles. The lowest BCUT2D eigenvalue weighted by Crippen LogP contribution is -2.41. The molecule has 0 aliphatic rings. The summed E-state index contributed by atoms with van der Waals surface area (Å²) < 4.78 is 4.73. The molecule has 0 aromatic heterocycles. The molecular weight excluding hydrogens is 256 g/mol. The molecule has 0 bridgehead atoms. The molecule has 0 spiro atoms. The van der Waals surface area contributed by atoms with E-state index in [0.717, 1.165) is 19.3 Å². The number of methoxy groups -OCH3 is 1. The minimum atomic E-state index is -0.626. The van der Waals surface area contributed by atoms with Crippen molar-refractivity contribution in [1.82, 2.24) is 5.32 Å². The van der Waals surface area contributed by atoms with Crippen LogP contribution in [0.2, 0.25) is 0 Å². The molecule has 1 amide bonds.